The largest absolute Gasteiger partial charge is 0.481 e. The molecule has 0 aromatic heterocycles. The molecule has 214 valence electrons. The van der Waals surface area contributed by atoms with E-state index < -0.39 is 40.0 Å². The van der Waals surface area contributed by atoms with Crippen molar-refractivity contribution in [2.45, 2.75) is 57.0 Å². The van der Waals surface area contributed by atoms with Gasteiger partial charge < -0.3 is 14.7 Å². The van der Waals surface area contributed by atoms with E-state index in [0.29, 0.717) is 65.9 Å². The van der Waals surface area contributed by atoms with Crippen LogP contribution in [-0.4, -0.2) is 39.0 Å². The van der Waals surface area contributed by atoms with Gasteiger partial charge >= 0.3 is 17.8 Å². The Hall–Kier alpha value is -4.48. The van der Waals surface area contributed by atoms with E-state index in [1.807, 2.05) is 0 Å². The molecule has 2 aromatic rings. The topological polar surface area (TPSA) is 127 Å². The minimum absolute atomic E-state index is 0.0507. The zero-order valence-electron chi connectivity index (χ0n) is 21.7. The fourth-order valence-electron chi connectivity index (χ4n) is 5.86. The number of alkyl halides is 3. The van der Waals surface area contributed by atoms with Gasteiger partial charge in [-0.05, 0) is 43.9 Å². The number of carboxylic acids is 1. The number of para-hydroxylation sites is 1. The number of benzene rings is 2. The lowest BCUT2D eigenvalue weighted by molar-refractivity contribution is -0.385. The van der Waals surface area contributed by atoms with Crippen LogP contribution in [0.2, 0.25) is 0 Å². The van der Waals surface area contributed by atoms with E-state index in [1.54, 1.807) is 23.1 Å². The van der Waals surface area contributed by atoms with Crippen molar-refractivity contribution in [1.82, 2.24) is 4.90 Å². The molecule has 0 saturated carbocycles. The molecular weight excluding hydrogens is 545 g/mol. The molecule has 0 amide bonds. The molecule has 0 bridgehead atoms. The summed E-state index contributed by atoms with van der Waals surface area (Å²) < 4.78 is 45.6. The summed E-state index contributed by atoms with van der Waals surface area (Å²) in [7, 11) is 0. The summed E-state index contributed by atoms with van der Waals surface area (Å²) in [6.45, 7) is 0.0934. The predicted octanol–water partition coefficient (Wildman–Crippen LogP) is 6.29. The maximum atomic E-state index is 13.5. The number of allylic oxidation sites excluding steroid dienone is 4. The van der Waals surface area contributed by atoms with Gasteiger partial charge in [-0.15, -0.1) is 0 Å². The van der Waals surface area contributed by atoms with Crippen molar-refractivity contribution >= 4 is 23.2 Å². The molecular formula is C29H25F3N2O7. The summed E-state index contributed by atoms with van der Waals surface area (Å²) in [5.74, 6) is -2.66. The molecule has 0 saturated heterocycles. The van der Waals surface area contributed by atoms with Crippen molar-refractivity contribution in [2.24, 2.45) is 0 Å². The van der Waals surface area contributed by atoms with Crippen LogP contribution in [-0.2, 0) is 20.6 Å². The SMILES string of the molecule is O=C(O)CCN1C2=C(C(=O)CCC2)C(c2ccccc2Oc2ccc(C(F)(F)F)cc2[N+](=O)[O-])C2=C1CCCC2=O. The second kappa shape index (κ2) is 10.8. The molecule has 9 nitrogen and oxygen atoms in total. The van der Waals surface area contributed by atoms with Crippen LogP contribution in [0.15, 0.2) is 65.0 Å². The molecule has 3 aliphatic rings. The Balaban J connectivity index is 1.66. The first kappa shape index (κ1) is 28.1. The molecule has 0 fully saturated rings. The third-order valence-electron chi connectivity index (χ3n) is 7.57. The number of halogens is 3. The smallest absolute Gasteiger partial charge is 0.416 e. The highest BCUT2D eigenvalue weighted by molar-refractivity contribution is 6.06. The standard InChI is InChI=1S/C29H25F3N2O7/c30-29(31,32)16-11-12-24(20(15-16)34(39)40)41-23-10-2-1-5-17(23)26-27-18(6-3-8-21(27)35)33(14-13-25(37)38)19-7-4-9-22(36)28(19)26/h1-2,5,10-12,15,26H,3-4,6-9,13-14H2,(H,37,38). The number of hydrogen-bond donors (Lipinski definition) is 1. The third kappa shape index (κ3) is 5.33. The van der Waals surface area contributed by atoms with Gasteiger partial charge in [0.05, 0.1) is 16.9 Å². The first-order valence-corrected chi connectivity index (χ1v) is 13.1. The highest BCUT2D eigenvalue weighted by Crippen LogP contribution is 2.51. The number of nitro benzene ring substituents is 1. The molecule has 1 heterocycles. The summed E-state index contributed by atoms with van der Waals surface area (Å²) in [4.78, 5) is 50.9. The fraction of sp³-hybridized carbons (Fsp3) is 0.345. The lowest BCUT2D eigenvalue weighted by Gasteiger charge is -2.44. The fourth-order valence-corrected chi connectivity index (χ4v) is 5.86. The second-order valence-electron chi connectivity index (χ2n) is 10.1. The maximum absolute atomic E-state index is 13.5. The number of rotatable bonds is 7. The molecule has 0 spiro atoms. The van der Waals surface area contributed by atoms with E-state index in [2.05, 4.69) is 0 Å². The normalized spacial score (nSPS) is 17.9. The molecule has 41 heavy (non-hydrogen) atoms. The Morgan fingerprint density at radius 1 is 0.976 bits per heavy atom. The Labute approximate surface area is 232 Å². The molecule has 5 rings (SSSR count). The number of ketones is 2. The van der Waals surface area contributed by atoms with E-state index in [4.69, 9.17) is 4.74 Å². The monoisotopic (exact) mass is 570 g/mol. The molecule has 0 atom stereocenters. The molecule has 1 aliphatic heterocycles. The van der Waals surface area contributed by atoms with E-state index in [0.717, 1.165) is 6.07 Å². The van der Waals surface area contributed by atoms with Crippen LogP contribution in [0.5, 0.6) is 11.5 Å². The number of ether oxygens (including phenoxy) is 1. The lowest BCUT2D eigenvalue weighted by Crippen LogP contribution is -2.40. The summed E-state index contributed by atoms with van der Waals surface area (Å²) in [5, 5.41) is 21.0. The average molecular weight is 571 g/mol. The van der Waals surface area contributed by atoms with Gasteiger partial charge in [0.2, 0.25) is 5.75 Å². The highest BCUT2D eigenvalue weighted by Gasteiger charge is 2.44. The molecule has 2 aliphatic carbocycles. The highest BCUT2D eigenvalue weighted by atomic mass is 19.4. The summed E-state index contributed by atoms with van der Waals surface area (Å²) in [6, 6.07) is 8.29. The van der Waals surface area contributed by atoms with Gasteiger partial charge in [-0.2, -0.15) is 13.2 Å². The Kier molecular flexibility index (Phi) is 7.41. The van der Waals surface area contributed by atoms with Crippen LogP contribution >= 0.6 is 0 Å². The van der Waals surface area contributed by atoms with Gasteiger partial charge in [0.15, 0.2) is 11.6 Å². The van der Waals surface area contributed by atoms with Gasteiger partial charge in [0.1, 0.15) is 5.75 Å². The Morgan fingerprint density at radius 2 is 1.59 bits per heavy atom. The van der Waals surface area contributed by atoms with Crippen LogP contribution < -0.4 is 4.74 Å². The number of nitro groups is 1. The minimum Gasteiger partial charge on any atom is -0.481 e. The number of aliphatic carboxylic acids is 1. The van der Waals surface area contributed by atoms with Crippen LogP contribution in [0.3, 0.4) is 0 Å². The molecule has 2 aromatic carbocycles. The number of Topliss-reactive ketones (excluding diaryl/α,β-unsaturated/α-hetero) is 2. The molecule has 1 N–H and O–H groups in total. The molecule has 12 heteroatoms. The van der Waals surface area contributed by atoms with Crippen LogP contribution in [0.25, 0.3) is 0 Å². The van der Waals surface area contributed by atoms with E-state index in [1.165, 1.54) is 6.07 Å². The summed E-state index contributed by atoms with van der Waals surface area (Å²) >= 11 is 0. The van der Waals surface area contributed by atoms with Crippen LogP contribution in [0.1, 0.15) is 62.0 Å². The van der Waals surface area contributed by atoms with Gasteiger partial charge in [-0.3, -0.25) is 24.5 Å². The van der Waals surface area contributed by atoms with Crippen molar-refractivity contribution in [3.63, 3.8) is 0 Å². The zero-order valence-corrected chi connectivity index (χ0v) is 21.7. The van der Waals surface area contributed by atoms with Gasteiger partial charge in [-0.25, -0.2) is 0 Å². The van der Waals surface area contributed by atoms with Crippen molar-refractivity contribution in [3.8, 4) is 11.5 Å². The van der Waals surface area contributed by atoms with Crippen molar-refractivity contribution in [1.29, 1.82) is 0 Å². The van der Waals surface area contributed by atoms with E-state index in [9.17, 15) is 42.8 Å². The van der Waals surface area contributed by atoms with Crippen molar-refractivity contribution in [2.75, 3.05) is 6.54 Å². The first-order chi connectivity index (χ1) is 19.5. The average Bonchev–Trinajstić information content (AvgIpc) is 2.91. The van der Waals surface area contributed by atoms with Crippen LogP contribution in [0.4, 0.5) is 18.9 Å². The zero-order chi connectivity index (χ0) is 29.5. The first-order valence-electron chi connectivity index (χ1n) is 13.1. The van der Waals surface area contributed by atoms with E-state index in [-0.39, 0.29) is 43.1 Å². The number of hydrogen-bond acceptors (Lipinski definition) is 7. The van der Waals surface area contributed by atoms with Gasteiger partial charge in [0.25, 0.3) is 0 Å². The second-order valence-corrected chi connectivity index (χ2v) is 10.1. The minimum atomic E-state index is -4.80. The predicted molar refractivity (Wildman–Crippen MR) is 138 cm³/mol. The maximum Gasteiger partial charge on any atom is 0.416 e. The van der Waals surface area contributed by atoms with Crippen molar-refractivity contribution in [3.05, 3.63) is 86.2 Å². The van der Waals surface area contributed by atoms with Crippen LogP contribution in [0, 0.1) is 10.1 Å². The summed E-state index contributed by atoms with van der Waals surface area (Å²) in [5.41, 5.74) is 0.281. The number of carbonyl (C=O) groups excluding carboxylic acids is 2. The lowest BCUT2D eigenvalue weighted by atomic mass is 9.70. The van der Waals surface area contributed by atoms with E-state index >= 15 is 0 Å². The molecule has 0 unspecified atom stereocenters. The number of carboxylic acid groups (broad SMARTS) is 1. The Bertz CT molecular complexity index is 1480. The third-order valence-corrected chi connectivity index (χ3v) is 7.57. The molecule has 0 radical (unpaired) electrons. The Morgan fingerprint density at radius 3 is 2.15 bits per heavy atom. The summed E-state index contributed by atoms with van der Waals surface area (Å²) in [6.07, 6.45) is -2.44. The van der Waals surface area contributed by atoms with Gasteiger partial charge in [0, 0.05) is 59.5 Å². The number of carbonyl (C=O) groups is 3. The van der Waals surface area contributed by atoms with Gasteiger partial charge in [-0.1, -0.05) is 18.2 Å². The number of nitrogens with zero attached hydrogens (tertiary/aromatic N) is 2. The quantitative estimate of drug-likeness (QED) is 0.304. The van der Waals surface area contributed by atoms with Crippen molar-refractivity contribution < 1.29 is 42.3 Å².